The summed E-state index contributed by atoms with van der Waals surface area (Å²) < 4.78 is 33.8. The van der Waals surface area contributed by atoms with Crippen LogP contribution in [0.15, 0.2) is 32.3 Å². The van der Waals surface area contributed by atoms with Gasteiger partial charge in [0.25, 0.3) is 0 Å². The maximum Gasteiger partial charge on any atom is 0.419 e. The number of fused-ring (bicyclic) bond motifs is 1. The summed E-state index contributed by atoms with van der Waals surface area (Å²) in [5.41, 5.74) is 0.759. The number of oxazole rings is 1. The molecule has 1 saturated heterocycles. The van der Waals surface area contributed by atoms with Gasteiger partial charge in [0, 0.05) is 32.2 Å². The van der Waals surface area contributed by atoms with Gasteiger partial charge >= 0.3 is 5.76 Å². The molecule has 3 rings (SSSR count). The largest absolute Gasteiger partial charge is 0.419 e. The van der Waals surface area contributed by atoms with E-state index in [4.69, 9.17) is 4.42 Å². The van der Waals surface area contributed by atoms with Crippen LogP contribution in [0.1, 0.15) is 33.1 Å². The number of rotatable bonds is 5. The molecule has 2 heterocycles. The van der Waals surface area contributed by atoms with E-state index in [1.807, 2.05) is 13.8 Å². The maximum absolute atomic E-state index is 13.0. The lowest BCUT2D eigenvalue weighted by Gasteiger charge is -2.31. The van der Waals surface area contributed by atoms with Gasteiger partial charge in [-0.25, -0.2) is 13.2 Å². The first-order chi connectivity index (χ1) is 12.7. The zero-order valence-electron chi connectivity index (χ0n) is 15.8. The first-order valence-corrected chi connectivity index (χ1v) is 10.6. The lowest BCUT2D eigenvalue weighted by Crippen LogP contribution is -2.46. The quantitative estimate of drug-likeness (QED) is 0.826. The van der Waals surface area contributed by atoms with E-state index in [1.165, 1.54) is 21.0 Å². The Morgan fingerprint density at radius 2 is 2.15 bits per heavy atom. The van der Waals surface area contributed by atoms with Crippen molar-refractivity contribution in [2.75, 3.05) is 13.1 Å². The lowest BCUT2D eigenvalue weighted by atomic mass is 9.98. The van der Waals surface area contributed by atoms with Gasteiger partial charge in [-0.3, -0.25) is 9.36 Å². The molecule has 1 aliphatic rings. The molecule has 9 heteroatoms. The van der Waals surface area contributed by atoms with E-state index < -0.39 is 15.8 Å². The third-order valence-electron chi connectivity index (χ3n) is 5.16. The topological polar surface area (TPSA) is 102 Å². The Labute approximate surface area is 158 Å². The summed E-state index contributed by atoms with van der Waals surface area (Å²) in [7, 11) is -2.21. The van der Waals surface area contributed by atoms with Gasteiger partial charge in [0.2, 0.25) is 15.9 Å². The number of aryl methyl sites for hydroxylation is 1. The SMILES string of the molecule is CC[C@H](C)NC(=O)[C@H]1CCCN(S(=O)(=O)c2ccc3c(c2)oc(=O)n3C)C1. The van der Waals surface area contributed by atoms with Crippen molar-refractivity contribution in [2.45, 2.75) is 44.0 Å². The third-order valence-corrected chi connectivity index (χ3v) is 7.02. The fourth-order valence-electron chi connectivity index (χ4n) is 3.26. The highest BCUT2D eigenvalue weighted by molar-refractivity contribution is 7.89. The standard InChI is InChI=1S/C18H25N3O5S/c1-4-12(2)19-17(22)13-6-5-9-21(11-13)27(24,25)14-7-8-15-16(10-14)26-18(23)20(15)3/h7-8,10,12-13H,4-6,9,11H2,1-3H3,(H,19,22)/t12-,13-/m0/s1. The summed E-state index contributed by atoms with van der Waals surface area (Å²) in [6.07, 6.45) is 2.12. The van der Waals surface area contributed by atoms with Crippen molar-refractivity contribution < 1.29 is 17.6 Å². The molecule has 0 radical (unpaired) electrons. The number of aromatic nitrogens is 1. The van der Waals surface area contributed by atoms with Gasteiger partial charge in [-0.1, -0.05) is 6.92 Å². The second-order valence-corrected chi connectivity index (χ2v) is 9.01. The van der Waals surface area contributed by atoms with Gasteiger partial charge in [0.05, 0.1) is 16.3 Å². The molecule has 0 unspecified atom stereocenters. The van der Waals surface area contributed by atoms with Crippen LogP contribution in [-0.4, -0.2) is 42.3 Å². The number of nitrogens with one attached hydrogen (secondary N) is 1. The van der Waals surface area contributed by atoms with Gasteiger partial charge in [-0.05, 0) is 38.3 Å². The van der Waals surface area contributed by atoms with Gasteiger partial charge < -0.3 is 9.73 Å². The fourth-order valence-corrected chi connectivity index (χ4v) is 4.80. The number of nitrogens with zero attached hydrogens (tertiary/aromatic N) is 2. The molecular formula is C18H25N3O5S. The Kier molecular flexibility index (Phi) is 5.43. The van der Waals surface area contributed by atoms with Crippen molar-refractivity contribution in [3.63, 3.8) is 0 Å². The normalized spacial score (nSPS) is 19.9. The minimum Gasteiger partial charge on any atom is -0.408 e. The third kappa shape index (κ3) is 3.79. The molecule has 0 bridgehead atoms. The lowest BCUT2D eigenvalue weighted by molar-refractivity contribution is -0.126. The first-order valence-electron chi connectivity index (χ1n) is 9.14. The number of carbonyl (C=O) groups excluding carboxylic acids is 1. The Balaban J connectivity index is 1.84. The fraction of sp³-hybridized carbons (Fsp3) is 0.556. The zero-order chi connectivity index (χ0) is 19.8. The number of hydrogen-bond donors (Lipinski definition) is 1. The maximum atomic E-state index is 13.0. The molecule has 1 aromatic carbocycles. The average molecular weight is 395 g/mol. The molecule has 1 aromatic heterocycles. The van der Waals surface area contributed by atoms with E-state index in [-0.39, 0.29) is 34.9 Å². The van der Waals surface area contributed by atoms with Gasteiger partial charge in [-0.2, -0.15) is 4.31 Å². The molecule has 1 aliphatic heterocycles. The summed E-state index contributed by atoms with van der Waals surface area (Å²) in [6.45, 7) is 4.44. The molecule has 1 N–H and O–H groups in total. The Hall–Kier alpha value is -2.13. The van der Waals surface area contributed by atoms with E-state index in [1.54, 1.807) is 13.1 Å². The van der Waals surface area contributed by atoms with Crippen LogP contribution in [0.25, 0.3) is 11.1 Å². The predicted molar refractivity (Wildman–Crippen MR) is 101 cm³/mol. The molecule has 0 aliphatic carbocycles. The summed E-state index contributed by atoms with van der Waals surface area (Å²) in [4.78, 5) is 24.1. The van der Waals surface area contributed by atoms with E-state index >= 15 is 0 Å². The molecular weight excluding hydrogens is 370 g/mol. The number of amides is 1. The zero-order valence-corrected chi connectivity index (χ0v) is 16.6. The predicted octanol–water partition coefficient (Wildman–Crippen LogP) is 1.45. The van der Waals surface area contributed by atoms with Crippen LogP contribution >= 0.6 is 0 Å². The van der Waals surface area contributed by atoms with Crippen LogP contribution in [0, 0.1) is 5.92 Å². The van der Waals surface area contributed by atoms with Crippen LogP contribution in [0.3, 0.4) is 0 Å². The van der Waals surface area contributed by atoms with Crippen LogP contribution < -0.4 is 11.1 Å². The minimum atomic E-state index is -3.78. The van der Waals surface area contributed by atoms with E-state index in [9.17, 15) is 18.0 Å². The number of benzene rings is 1. The molecule has 148 valence electrons. The van der Waals surface area contributed by atoms with Gasteiger partial charge in [0.15, 0.2) is 5.58 Å². The highest BCUT2D eigenvalue weighted by atomic mass is 32.2. The van der Waals surface area contributed by atoms with E-state index in [0.29, 0.717) is 24.9 Å². The summed E-state index contributed by atoms with van der Waals surface area (Å²) in [5.74, 6) is -1.01. The van der Waals surface area contributed by atoms with Crippen LogP contribution in [-0.2, 0) is 21.9 Å². The highest BCUT2D eigenvalue weighted by Crippen LogP contribution is 2.26. The van der Waals surface area contributed by atoms with Crippen LogP contribution in [0.4, 0.5) is 0 Å². The summed E-state index contributed by atoms with van der Waals surface area (Å²) in [6, 6.07) is 4.46. The minimum absolute atomic E-state index is 0.0623. The van der Waals surface area contributed by atoms with Crippen molar-refractivity contribution >= 4 is 27.0 Å². The average Bonchev–Trinajstić information content (AvgIpc) is 2.95. The van der Waals surface area contributed by atoms with Crippen molar-refractivity contribution in [1.29, 1.82) is 0 Å². The van der Waals surface area contributed by atoms with Gasteiger partial charge in [-0.15, -0.1) is 0 Å². The van der Waals surface area contributed by atoms with Gasteiger partial charge in [0.1, 0.15) is 0 Å². The van der Waals surface area contributed by atoms with Crippen molar-refractivity contribution in [3.05, 3.63) is 28.7 Å². The molecule has 0 saturated carbocycles. The Morgan fingerprint density at radius 3 is 2.85 bits per heavy atom. The van der Waals surface area contributed by atoms with Crippen molar-refractivity contribution in [1.82, 2.24) is 14.2 Å². The number of carbonyl (C=O) groups is 1. The molecule has 1 amide bonds. The molecule has 1 fully saturated rings. The van der Waals surface area contributed by atoms with Crippen molar-refractivity contribution in [2.24, 2.45) is 13.0 Å². The van der Waals surface area contributed by atoms with E-state index in [2.05, 4.69) is 5.32 Å². The number of piperidine rings is 1. The Bertz CT molecular complexity index is 1010. The molecule has 0 spiro atoms. The van der Waals surface area contributed by atoms with Crippen LogP contribution in [0.2, 0.25) is 0 Å². The smallest absolute Gasteiger partial charge is 0.408 e. The van der Waals surface area contributed by atoms with Crippen LogP contribution in [0.5, 0.6) is 0 Å². The summed E-state index contributed by atoms with van der Waals surface area (Å²) >= 11 is 0. The molecule has 8 nitrogen and oxygen atoms in total. The van der Waals surface area contributed by atoms with E-state index in [0.717, 1.165) is 6.42 Å². The molecule has 2 aromatic rings. The summed E-state index contributed by atoms with van der Waals surface area (Å²) in [5, 5.41) is 2.93. The monoisotopic (exact) mass is 395 g/mol. The second-order valence-electron chi connectivity index (χ2n) is 7.08. The van der Waals surface area contributed by atoms with Crippen molar-refractivity contribution in [3.8, 4) is 0 Å². The Morgan fingerprint density at radius 1 is 1.41 bits per heavy atom. The second kappa shape index (κ2) is 7.47. The first kappa shape index (κ1) is 19.6. The molecule has 27 heavy (non-hydrogen) atoms. The molecule has 2 atom stereocenters. The highest BCUT2D eigenvalue weighted by Gasteiger charge is 2.33. The number of hydrogen-bond acceptors (Lipinski definition) is 5. The number of sulfonamides is 1.